The summed E-state index contributed by atoms with van der Waals surface area (Å²) in [6.45, 7) is 1.22. The summed E-state index contributed by atoms with van der Waals surface area (Å²) in [5.41, 5.74) is 3.73. The van der Waals surface area contributed by atoms with Crippen molar-refractivity contribution in [2.24, 2.45) is 0 Å². The van der Waals surface area contributed by atoms with Crippen LogP contribution in [-0.2, 0) is 18.0 Å². The van der Waals surface area contributed by atoms with Crippen molar-refractivity contribution in [2.45, 2.75) is 19.3 Å². The number of rotatable bonds is 2. The lowest BCUT2D eigenvalue weighted by molar-refractivity contribution is 0.134. The summed E-state index contributed by atoms with van der Waals surface area (Å²) in [7, 11) is 0. The van der Waals surface area contributed by atoms with Crippen molar-refractivity contribution >= 4 is 15.9 Å². The molecule has 1 aliphatic heterocycles. The van der Waals surface area contributed by atoms with Gasteiger partial charge in [0.15, 0.2) is 0 Å². The largest absolute Gasteiger partial charge is 0.384 e. The molecular weight excluding hydrogens is 311 g/mol. The number of aliphatic hydroxyl groups excluding tert-OH is 1. The minimum Gasteiger partial charge on any atom is -0.384 e. The lowest BCUT2D eigenvalue weighted by atomic mass is 9.98. The number of halogens is 2. The molecule has 1 atom stereocenters. The van der Waals surface area contributed by atoms with Crippen LogP contribution in [0.1, 0.15) is 28.4 Å². The van der Waals surface area contributed by atoms with Gasteiger partial charge in [-0.15, -0.1) is 0 Å². The maximum absolute atomic E-state index is 13.2. The Hall–Kier alpha value is -1.23. The summed E-state index contributed by atoms with van der Waals surface area (Å²) in [6.07, 6.45) is -0.761. The Labute approximate surface area is 119 Å². The lowest BCUT2D eigenvalue weighted by Crippen LogP contribution is -2.01. The molecule has 4 heteroatoms. The van der Waals surface area contributed by atoms with Gasteiger partial charge in [-0.25, -0.2) is 4.39 Å². The van der Waals surface area contributed by atoms with Crippen molar-refractivity contribution in [3.63, 3.8) is 0 Å². The Bertz CT molecular complexity index is 628. The fraction of sp³-hybridized carbons (Fsp3) is 0.200. The van der Waals surface area contributed by atoms with Gasteiger partial charge in [-0.1, -0.05) is 24.3 Å². The average molecular weight is 323 g/mol. The molecule has 1 N–H and O–H groups in total. The van der Waals surface area contributed by atoms with Crippen molar-refractivity contribution in [3.8, 4) is 0 Å². The van der Waals surface area contributed by atoms with E-state index in [1.54, 1.807) is 12.1 Å². The third kappa shape index (κ3) is 2.43. The second-order valence-corrected chi connectivity index (χ2v) is 5.45. The first-order chi connectivity index (χ1) is 9.15. The molecule has 1 aliphatic rings. The SMILES string of the molecule is OC(c1ccc(F)c(Br)c1)c1ccc2c(c1)COC2. The van der Waals surface area contributed by atoms with Crippen LogP contribution in [0.25, 0.3) is 0 Å². The molecule has 0 amide bonds. The van der Waals surface area contributed by atoms with E-state index in [-0.39, 0.29) is 5.82 Å². The van der Waals surface area contributed by atoms with Crippen LogP contribution in [-0.4, -0.2) is 5.11 Å². The highest BCUT2D eigenvalue weighted by atomic mass is 79.9. The number of benzene rings is 2. The Morgan fingerprint density at radius 2 is 1.74 bits per heavy atom. The molecule has 0 aromatic heterocycles. The van der Waals surface area contributed by atoms with Crippen molar-refractivity contribution in [1.29, 1.82) is 0 Å². The van der Waals surface area contributed by atoms with Gasteiger partial charge in [-0.2, -0.15) is 0 Å². The Morgan fingerprint density at radius 1 is 1.05 bits per heavy atom. The van der Waals surface area contributed by atoms with Crippen molar-refractivity contribution in [3.05, 3.63) is 68.9 Å². The van der Waals surface area contributed by atoms with E-state index in [2.05, 4.69) is 15.9 Å². The van der Waals surface area contributed by atoms with Gasteiger partial charge in [-0.05, 0) is 50.3 Å². The number of fused-ring (bicyclic) bond motifs is 1. The summed E-state index contributed by atoms with van der Waals surface area (Å²) < 4.78 is 18.9. The van der Waals surface area contributed by atoms with Crippen LogP contribution in [0.15, 0.2) is 40.9 Å². The summed E-state index contributed by atoms with van der Waals surface area (Å²) in [6, 6.07) is 10.3. The van der Waals surface area contributed by atoms with Crippen molar-refractivity contribution in [2.75, 3.05) is 0 Å². The smallest absolute Gasteiger partial charge is 0.137 e. The summed E-state index contributed by atoms with van der Waals surface area (Å²) in [5, 5.41) is 10.4. The van der Waals surface area contributed by atoms with Crippen LogP contribution < -0.4 is 0 Å². The molecule has 19 heavy (non-hydrogen) atoms. The number of hydrogen-bond donors (Lipinski definition) is 1. The second kappa shape index (κ2) is 5.04. The third-order valence-corrected chi connectivity index (χ3v) is 3.93. The first-order valence-electron chi connectivity index (χ1n) is 5.97. The molecule has 0 aliphatic carbocycles. The first kappa shape index (κ1) is 12.8. The van der Waals surface area contributed by atoms with E-state index in [1.165, 1.54) is 6.07 Å². The number of aliphatic hydroxyl groups is 1. The first-order valence-corrected chi connectivity index (χ1v) is 6.77. The van der Waals surface area contributed by atoms with Crippen LogP contribution in [0.2, 0.25) is 0 Å². The van der Waals surface area contributed by atoms with Gasteiger partial charge in [0.1, 0.15) is 11.9 Å². The predicted molar refractivity (Wildman–Crippen MR) is 73.1 cm³/mol. The molecule has 98 valence electrons. The highest BCUT2D eigenvalue weighted by Crippen LogP contribution is 2.29. The molecule has 0 fully saturated rings. The van der Waals surface area contributed by atoms with Gasteiger partial charge >= 0.3 is 0 Å². The predicted octanol–water partition coefficient (Wildman–Crippen LogP) is 3.70. The van der Waals surface area contributed by atoms with Crippen molar-refractivity contribution in [1.82, 2.24) is 0 Å². The van der Waals surface area contributed by atoms with Crippen LogP contribution in [0, 0.1) is 5.82 Å². The van der Waals surface area contributed by atoms with Crippen LogP contribution >= 0.6 is 15.9 Å². The van der Waals surface area contributed by atoms with Crippen molar-refractivity contribution < 1.29 is 14.2 Å². The number of hydrogen-bond acceptors (Lipinski definition) is 2. The summed E-state index contributed by atoms with van der Waals surface area (Å²) in [5.74, 6) is -0.335. The zero-order valence-corrected chi connectivity index (χ0v) is 11.7. The Morgan fingerprint density at radius 3 is 2.53 bits per heavy atom. The molecule has 0 saturated carbocycles. The van der Waals surface area contributed by atoms with Gasteiger partial charge in [0.2, 0.25) is 0 Å². The maximum Gasteiger partial charge on any atom is 0.137 e. The van der Waals surface area contributed by atoms with E-state index in [1.807, 2.05) is 18.2 Å². The fourth-order valence-corrected chi connectivity index (χ4v) is 2.63. The Balaban J connectivity index is 1.94. The highest BCUT2D eigenvalue weighted by molar-refractivity contribution is 9.10. The van der Waals surface area contributed by atoms with Gasteiger partial charge in [0.05, 0.1) is 17.7 Å². The van der Waals surface area contributed by atoms with Crippen LogP contribution in [0.5, 0.6) is 0 Å². The summed E-state index contributed by atoms with van der Waals surface area (Å²) >= 11 is 3.13. The van der Waals surface area contributed by atoms with Gasteiger partial charge in [0, 0.05) is 0 Å². The van der Waals surface area contributed by atoms with E-state index in [9.17, 15) is 9.50 Å². The topological polar surface area (TPSA) is 29.5 Å². The molecule has 0 radical (unpaired) electrons. The van der Waals surface area contributed by atoms with Crippen LogP contribution in [0.4, 0.5) is 4.39 Å². The van der Waals surface area contributed by atoms with E-state index in [4.69, 9.17) is 4.74 Å². The minimum atomic E-state index is -0.761. The second-order valence-electron chi connectivity index (χ2n) is 4.60. The molecule has 0 spiro atoms. The zero-order chi connectivity index (χ0) is 13.4. The van der Waals surface area contributed by atoms with Gasteiger partial charge in [-0.3, -0.25) is 0 Å². The molecular formula is C15H12BrFO2. The molecule has 3 rings (SSSR count). The zero-order valence-electron chi connectivity index (χ0n) is 10.1. The van der Waals surface area contributed by atoms with E-state index in [0.717, 1.165) is 16.7 Å². The quantitative estimate of drug-likeness (QED) is 0.913. The Kier molecular flexibility index (Phi) is 3.39. The van der Waals surface area contributed by atoms with Gasteiger partial charge in [0.25, 0.3) is 0 Å². The van der Waals surface area contributed by atoms with Crippen LogP contribution in [0.3, 0.4) is 0 Å². The third-order valence-electron chi connectivity index (χ3n) is 3.32. The van der Waals surface area contributed by atoms with E-state index >= 15 is 0 Å². The standard InChI is InChI=1S/C15H12BrFO2/c16-13-6-10(3-4-14(13)17)15(18)9-1-2-11-7-19-8-12(11)5-9/h1-6,15,18H,7-8H2. The minimum absolute atomic E-state index is 0.335. The molecule has 1 unspecified atom stereocenters. The molecule has 0 saturated heterocycles. The monoisotopic (exact) mass is 322 g/mol. The van der Waals surface area contributed by atoms with E-state index in [0.29, 0.717) is 23.2 Å². The molecule has 2 nitrogen and oxygen atoms in total. The average Bonchev–Trinajstić information content (AvgIpc) is 2.88. The molecule has 0 bridgehead atoms. The normalized spacial score (nSPS) is 15.3. The maximum atomic E-state index is 13.2. The van der Waals surface area contributed by atoms with Gasteiger partial charge < -0.3 is 9.84 Å². The molecule has 2 aromatic rings. The molecule has 2 aromatic carbocycles. The highest BCUT2D eigenvalue weighted by Gasteiger charge is 2.16. The lowest BCUT2D eigenvalue weighted by Gasteiger charge is -2.13. The number of ether oxygens (including phenoxy) is 1. The summed E-state index contributed by atoms with van der Waals surface area (Å²) in [4.78, 5) is 0. The molecule has 1 heterocycles. The van der Waals surface area contributed by atoms with E-state index < -0.39 is 6.10 Å². The fourth-order valence-electron chi connectivity index (χ4n) is 2.24.